The van der Waals surface area contributed by atoms with Crippen molar-refractivity contribution in [2.45, 2.75) is 31.4 Å². The molecule has 1 aliphatic heterocycles. The van der Waals surface area contributed by atoms with Gasteiger partial charge in [0.05, 0.1) is 25.7 Å². The molecule has 1 saturated heterocycles. The standard InChI is InChI=1S/C18H29N3O3.2ClH/c1-23-15-7-5-14(6-8-15)17(21-9-3-4-10-21)13-20-18(22)11-16(12-19)24-2;;/h5-8,16-17H,3-4,9-13,19H2,1-2H3,(H,20,22);2*1H. The minimum absolute atomic E-state index is 0. The number of methoxy groups -OCH3 is 2. The lowest BCUT2D eigenvalue weighted by Gasteiger charge is -2.28. The first kappa shape index (κ1) is 24.9. The zero-order valence-electron chi connectivity index (χ0n) is 15.5. The number of halogens is 2. The van der Waals surface area contributed by atoms with E-state index in [9.17, 15) is 4.79 Å². The van der Waals surface area contributed by atoms with Gasteiger partial charge in [-0.1, -0.05) is 12.1 Å². The van der Waals surface area contributed by atoms with Crippen molar-refractivity contribution in [2.75, 3.05) is 40.4 Å². The van der Waals surface area contributed by atoms with Crippen LogP contribution in [0.25, 0.3) is 0 Å². The normalized spacial score (nSPS) is 16.1. The van der Waals surface area contributed by atoms with Gasteiger partial charge in [-0.3, -0.25) is 9.69 Å². The lowest BCUT2D eigenvalue weighted by Crippen LogP contribution is -2.38. The molecule has 0 aromatic heterocycles. The summed E-state index contributed by atoms with van der Waals surface area (Å²) in [6, 6.07) is 8.27. The van der Waals surface area contributed by atoms with Crippen molar-refractivity contribution in [1.29, 1.82) is 0 Å². The highest BCUT2D eigenvalue weighted by molar-refractivity contribution is 5.85. The van der Waals surface area contributed by atoms with E-state index in [0.29, 0.717) is 19.5 Å². The van der Waals surface area contributed by atoms with Crippen LogP contribution in [0.15, 0.2) is 24.3 Å². The average molecular weight is 408 g/mol. The van der Waals surface area contributed by atoms with Gasteiger partial charge in [-0.2, -0.15) is 0 Å². The van der Waals surface area contributed by atoms with E-state index in [0.717, 1.165) is 18.8 Å². The molecule has 0 aliphatic carbocycles. The van der Waals surface area contributed by atoms with Crippen molar-refractivity contribution in [1.82, 2.24) is 10.2 Å². The number of hydrogen-bond acceptors (Lipinski definition) is 5. The first-order valence-corrected chi connectivity index (χ1v) is 8.55. The van der Waals surface area contributed by atoms with Gasteiger partial charge in [-0.15, -0.1) is 24.8 Å². The first-order valence-electron chi connectivity index (χ1n) is 8.55. The second-order valence-corrected chi connectivity index (χ2v) is 6.13. The Kier molecular flexibility index (Phi) is 12.6. The molecule has 2 atom stereocenters. The molecule has 2 rings (SSSR count). The largest absolute Gasteiger partial charge is 0.497 e. The molecule has 1 amide bonds. The van der Waals surface area contributed by atoms with Gasteiger partial charge < -0.3 is 20.5 Å². The van der Waals surface area contributed by atoms with Crippen LogP contribution in [0.5, 0.6) is 5.75 Å². The number of amides is 1. The second kappa shape index (κ2) is 13.2. The number of nitrogens with zero attached hydrogens (tertiary/aromatic N) is 1. The molecule has 0 bridgehead atoms. The number of benzene rings is 1. The topological polar surface area (TPSA) is 76.8 Å². The van der Waals surface area contributed by atoms with Crippen LogP contribution in [-0.4, -0.2) is 57.3 Å². The monoisotopic (exact) mass is 407 g/mol. The number of carbonyl (C=O) groups excluding carboxylic acids is 1. The maximum absolute atomic E-state index is 12.1. The van der Waals surface area contributed by atoms with E-state index in [1.807, 2.05) is 12.1 Å². The summed E-state index contributed by atoms with van der Waals surface area (Å²) in [5.74, 6) is 0.818. The molecule has 0 saturated carbocycles. The fourth-order valence-corrected chi connectivity index (χ4v) is 3.09. The second-order valence-electron chi connectivity index (χ2n) is 6.13. The van der Waals surface area contributed by atoms with Gasteiger partial charge in [0, 0.05) is 20.2 Å². The molecule has 1 fully saturated rings. The number of hydrogen-bond donors (Lipinski definition) is 2. The number of nitrogens with two attached hydrogens (primary N) is 1. The minimum atomic E-state index is -0.226. The van der Waals surface area contributed by atoms with Crippen molar-refractivity contribution in [3.63, 3.8) is 0 Å². The summed E-state index contributed by atoms with van der Waals surface area (Å²) in [5, 5.41) is 3.04. The van der Waals surface area contributed by atoms with Gasteiger partial charge in [0.25, 0.3) is 0 Å². The molecule has 3 N–H and O–H groups in total. The zero-order chi connectivity index (χ0) is 17.4. The quantitative estimate of drug-likeness (QED) is 0.655. The van der Waals surface area contributed by atoms with Crippen LogP contribution < -0.4 is 15.8 Å². The van der Waals surface area contributed by atoms with Gasteiger partial charge >= 0.3 is 0 Å². The Hall–Kier alpha value is -1.05. The van der Waals surface area contributed by atoms with Crippen LogP contribution in [0.4, 0.5) is 0 Å². The SMILES string of the molecule is COc1ccc(C(CNC(=O)CC(CN)OC)N2CCCC2)cc1.Cl.Cl. The van der Waals surface area contributed by atoms with Crippen molar-refractivity contribution in [3.05, 3.63) is 29.8 Å². The van der Waals surface area contributed by atoms with E-state index in [1.54, 1.807) is 14.2 Å². The number of likely N-dealkylation sites (tertiary alicyclic amines) is 1. The molecule has 150 valence electrons. The molecule has 0 radical (unpaired) electrons. The highest BCUT2D eigenvalue weighted by Crippen LogP contribution is 2.26. The molecule has 1 aromatic carbocycles. The van der Waals surface area contributed by atoms with Crippen LogP contribution >= 0.6 is 24.8 Å². The molecular weight excluding hydrogens is 377 g/mol. The molecule has 1 aromatic rings. The molecule has 1 heterocycles. The summed E-state index contributed by atoms with van der Waals surface area (Å²) >= 11 is 0. The van der Waals surface area contributed by atoms with E-state index >= 15 is 0 Å². The molecular formula is C18H31Cl2N3O3. The fraction of sp³-hybridized carbons (Fsp3) is 0.611. The molecule has 2 unspecified atom stereocenters. The Morgan fingerprint density at radius 3 is 2.31 bits per heavy atom. The summed E-state index contributed by atoms with van der Waals surface area (Å²) in [4.78, 5) is 14.6. The number of nitrogens with one attached hydrogen (secondary N) is 1. The van der Waals surface area contributed by atoms with E-state index in [1.165, 1.54) is 18.4 Å². The summed E-state index contributed by atoms with van der Waals surface area (Å²) in [6.45, 7) is 3.07. The Balaban J connectivity index is 0.00000312. The summed E-state index contributed by atoms with van der Waals surface area (Å²) in [7, 11) is 3.24. The van der Waals surface area contributed by atoms with Gasteiger partial charge in [0.1, 0.15) is 5.75 Å². The fourth-order valence-electron chi connectivity index (χ4n) is 3.09. The van der Waals surface area contributed by atoms with E-state index in [-0.39, 0.29) is 42.9 Å². The van der Waals surface area contributed by atoms with Crippen molar-refractivity contribution in [2.24, 2.45) is 5.73 Å². The molecule has 0 spiro atoms. The summed E-state index contributed by atoms with van der Waals surface area (Å²) in [5.41, 5.74) is 6.77. The number of rotatable bonds is 9. The van der Waals surface area contributed by atoms with Crippen LogP contribution in [0.2, 0.25) is 0 Å². The summed E-state index contributed by atoms with van der Waals surface area (Å²) < 4.78 is 10.4. The predicted octanol–water partition coefficient (Wildman–Crippen LogP) is 2.16. The smallest absolute Gasteiger partial charge is 0.222 e. The highest BCUT2D eigenvalue weighted by atomic mass is 35.5. The average Bonchev–Trinajstić information content (AvgIpc) is 3.14. The van der Waals surface area contributed by atoms with Crippen LogP contribution in [0.3, 0.4) is 0 Å². The van der Waals surface area contributed by atoms with Gasteiger partial charge in [-0.05, 0) is 43.6 Å². The Labute approximate surface area is 168 Å². The zero-order valence-corrected chi connectivity index (χ0v) is 17.1. The van der Waals surface area contributed by atoms with Gasteiger partial charge in [-0.25, -0.2) is 0 Å². The maximum atomic E-state index is 12.1. The van der Waals surface area contributed by atoms with E-state index in [4.69, 9.17) is 15.2 Å². The molecule has 26 heavy (non-hydrogen) atoms. The van der Waals surface area contributed by atoms with E-state index in [2.05, 4.69) is 22.3 Å². The highest BCUT2D eigenvalue weighted by Gasteiger charge is 2.24. The lowest BCUT2D eigenvalue weighted by molar-refractivity contribution is -0.123. The predicted molar refractivity (Wildman–Crippen MR) is 109 cm³/mol. The molecule has 6 nitrogen and oxygen atoms in total. The van der Waals surface area contributed by atoms with Crippen LogP contribution in [0.1, 0.15) is 30.9 Å². The number of ether oxygens (including phenoxy) is 2. The Morgan fingerprint density at radius 2 is 1.81 bits per heavy atom. The van der Waals surface area contributed by atoms with E-state index < -0.39 is 0 Å². The number of carbonyl (C=O) groups is 1. The van der Waals surface area contributed by atoms with Gasteiger partial charge in [0.2, 0.25) is 5.91 Å². The molecule has 1 aliphatic rings. The Morgan fingerprint density at radius 1 is 1.19 bits per heavy atom. The van der Waals surface area contributed by atoms with Crippen molar-refractivity contribution in [3.8, 4) is 5.75 Å². The van der Waals surface area contributed by atoms with Crippen LogP contribution in [0, 0.1) is 0 Å². The Bertz CT molecular complexity index is 507. The first-order chi connectivity index (χ1) is 11.7. The maximum Gasteiger partial charge on any atom is 0.222 e. The third-order valence-corrected chi connectivity index (χ3v) is 4.58. The van der Waals surface area contributed by atoms with Crippen molar-refractivity contribution < 1.29 is 14.3 Å². The van der Waals surface area contributed by atoms with Crippen molar-refractivity contribution >= 4 is 30.7 Å². The van der Waals surface area contributed by atoms with Gasteiger partial charge in [0.15, 0.2) is 0 Å². The third-order valence-electron chi connectivity index (χ3n) is 4.58. The lowest BCUT2D eigenvalue weighted by atomic mass is 10.0. The van der Waals surface area contributed by atoms with Crippen LogP contribution in [-0.2, 0) is 9.53 Å². The third kappa shape index (κ3) is 7.29. The summed E-state index contributed by atoms with van der Waals surface area (Å²) in [6.07, 6.45) is 2.48. The minimum Gasteiger partial charge on any atom is -0.497 e. The molecule has 8 heteroatoms.